The van der Waals surface area contributed by atoms with Gasteiger partial charge >= 0.3 is 0 Å². The number of hydrogen-bond donors (Lipinski definition) is 1. The Morgan fingerprint density at radius 2 is 1.41 bits per heavy atom. The highest BCUT2D eigenvalue weighted by molar-refractivity contribution is 5.11. The predicted molar refractivity (Wildman–Crippen MR) is 115 cm³/mol. The van der Waals surface area contributed by atoms with Gasteiger partial charge < -0.3 is 14.6 Å². The Balaban J connectivity index is 0.000000271. The summed E-state index contributed by atoms with van der Waals surface area (Å²) in [7, 11) is 0. The largest absolute Gasteiger partial charge is 0.396 e. The summed E-state index contributed by atoms with van der Waals surface area (Å²) in [4.78, 5) is 0. The van der Waals surface area contributed by atoms with E-state index in [9.17, 15) is 0 Å². The second-order valence-electron chi connectivity index (χ2n) is 7.89. The molecule has 1 N–H and O–H groups in total. The minimum Gasteiger partial charge on any atom is -0.396 e. The van der Waals surface area contributed by atoms with Crippen molar-refractivity contribution in [2.75, 3.05) is 6.61 Å². The molecule has 4 atom stereocenters. The molecule has 0 bridgehead atoms. The Bertz CT molecular complexity index is 443. The van der Waals surface area contributed by atoms with Crippen LogP contribution in [0.15, 0.2) is 37.0 Å². The van der Waals surface area contributed by atoms with Crippen molar-refractivity contribution in [3.05, 3.63) is 37.0 Å². The number of hydrogen-bond acceptors (Lipinski definition) is 3. The van der Waals surface area contributed by atoms with E-state index in [-0.39, 0.29) is 18.8 Å². The molecule has 2 aliphatic rings. The molecule has 2 aliphatic heterocycles. The van der Waals surface area contributed by atoms with E-state index < -0.39 is 0 Å². The van der Waals surface area contributed by atoms with Gasteiger partial charge in [0.25, 0.3) is 0 Å². The van der Waals surface area contributed by atoms with Gasteiger partial charge in [-0.3, -0.25) is 0 Å². The summed E-state index contributed by atoms with van der Waals surface area (Å²) >= 11 is 0. The standard InChI is InChI=1S/C12H22O2.C12H20O/c1-3-4-6-11-9-10(2)12(14-11)7-5-8-13;1-4-6-8-11-9-10(3)12(13-11)7-5-2/h11-13H,2-9H2,1H3;5,11-12H,2-4,6-9H2,1H3/t2*11-,12-/m00/s1. The molecule has 0 aliphatic carbocycles. The number of rotatable bonds is 11. The van der Waals surface area contributed by atoms with Gasteiger partial charge in [-0.05, 0) is 56.1 Å². The number of unbranched alkanes of at least 4 members (excludes halogenated alkanes) is 2. The molecule has 0 unspecified atom stereocenters. The van der Waals surface area contributed by atoms with Gasteiger partial charge in [0.05, 0.1) is 24.4 Å². The predicted octanol–water partition coefficient (Wildman–Crippen LogP) is 6.13. The van der Waals surface area contributed by atoms with Crippen LogP contribution in [0.1, 0.15) is 84.5 Å². The van der Waals surface area contributed by atoms with Gasteiger partial charge in [0.1, 0.15) is 0 Å². The van der Waals surface area contributed by atoms with Crippen LogP contribution in [-0.2, 0) is 9.47 Å². The zero-order valence-electron chi connectivity index (χ0n) is 17.8. The molecular formula is C24H42O3. The van der Waals surface area contributed by atoms with Crippen molar-refractivity contribution in [3.63, 3.8) is 0 Å². The highest BCUT2D eigenvalue weighted by Crippen LogP contribution is 2.30. The van der Waals surface area contributed by atoms with Crippen molar-refractivity contribution >= 4 is 0 Å². The first-order valence-corrected chi connectivity index (χ1v) is 10.9. The van der Waals surface area contributed by atoms with Crippen LogP contribution < -0.4 is 0 Å². The van der Waals surface area contributed by atoms with Crippen molar-refractivity contribution < 1.29 is 14.6 Å². The lowest BCUT2D eigenvalue weighted by atomic mass is 10.0. The van der Waals surface area contributed by atoms with Crippen molar-refractivity contribution in [2.24, 2.45) is 0 Å². The van der Waals surface area contributed by atoms with Gasteiger partial charge in [0.15, 0.2) is 0 Å². The topological polar surface area (TPSA) is 38.7 Å². The van der Waals surface area contributed by atoms with Crippen LogP contribution in [0.3, 0.4) is 0 Å². The third kappa shape index (κ3) is 9.23. The summed E-state index contributed by atoms with van der Waals surface area (Å²) in [5.41, 5.74) is 2.47. The zero-order valence-corrected chi connectivity index (χ0v) is 17.8. The normalized spacial score (nSPS) is 27.5. The highest BCUT2D eigenvalue weighted by atomic mass is 16.5. The molecule has 0 aromatic carbocycles. The lowest BCUT2D eigenvalue weighted by Crippen LogP contribution is -2.11. The smallest absolute Gasteiger partial charge is 0.0821 e. The van der Waals surface area contributed by atoms with E-state index in [0.29, 0.717) is 12.2 Å². The van der Waals surface area contributed by atoms with Gasteiger partial charge in [-0.25, -0.2) is 0 Å². The van der Waals surface area contributed by atoms with Crippen molar-refractivity contribution in [1.82, 2.24) is 0 Å². The van der Waals surface area contributed by atoms with Gasteiger partial charge in [-0.15, -0.1) is 6.58 Å². The second kappa shape index (κ2) is 14.1. The molecule has 0 aromatic heterocycles. The van der Waals surface area contributed by atoms with Crippen LogP contribution in [0.4, 0.5) is 0 Å². The van der Waals surface area contributed by atoms with Crippen LogP contribution in [0.2, 0.25) is 0 Å². The fourth-order valence-corrected chi connectivity index (χ4v) is 3.73. The average molecular weight is 379 g/mol. The quantitative estimate of drug-likeness (QED) is 0.440. The lowest BCUT2D eigenvalue weighted by molar-refractivity contribution is 0.0388. The highest BCUT2D eigenvalue weighted by Gasteiger charge is 2.28. The van der Waals surface area contributed by atoms with Crippen LogP contribution in [0.25, 0.3) is 0 Å². The minimum absolute atomic E-state index is 0.212. The van der Waals surface area contributed by atoms with E-state index in [1.54, 1.807) is 0 Å². The van der Waals surface area contributed by atoms with Crippen LogP contribution in [0, 0.1) is 0 Å². The molecule has 0 saturated carbocycles. The van der Waals surface area contributed by atoms with Gasteiger partial charge in [0.2, 0.25) is 0 Å². The monoisotopic (exact) mass is 378 g/mol. The van der Waals surface area contributed by atoms with Crippen molar-refractivity contribution in [2.45, 2.75) is 109 Å². The summed E-state index contributed by atoms with van der Waals surface area (Å²) in [6, 6.07) is 0. The molecular weight excluding hydrogens is 336 g/mol. The maximum atomic E-state index is 8.73. The first-order chi connectivity index (χ1) is 13.0. The van der Waals surface area contributed by atoms with Crippen molar-refractivity contribution in [1.29, 1.82) is 0 Å². The minimum atomic E-state index is 0.212. The fourth-order valence-electron chi connectivity index (χ4n) is 3.73. The summed E-state index contributed by atoms with van der Waals surface area (Å²) < 4.78 is 11.7. The Morgan fingerprint density at radius 1 is 0.889 bits per heavy atom. The summed E-state index contributed by atoms with van der Waals surface area (Å²) in [5.74, 6) is 0. The third-order valence-corrected chi connectivity index (χ3v) is 5.37. The van der Waals surface area contributed by atoms with Gasteiger partial charge in [-0.2, -0.15) is 0 Å². The molecule has 3 nitrogen and oxygen atoms in total. The third-order valence-electron chi connectivity index (χ3n) is 5.37. The summed E-state index contributed by atoms with van der Waals surface area (Å²) in [6.45, 7) is 16.5. The van der Waals surface area contributed by atoms with E-state index in [1.165, 1.54) is 43.3 Å². The molecule has 2 fully saturated rings. The van der Waals surface area contributed by atoms with E-state index in [2.05, 4.69) is 33.6 Å². The molecule has 0 spiro atoms. The van der Waals surface area contributed by atoms with Crippen LogP contribution >= 0.6 is 0 Å². The van der Waals surface area contributed by atoms with E-state index in [1.807, 2.05) is 6.08 Å². The van der Waals surface area contributed by atoms with Crippen LogP contribution in [-0.4, -0.2) is 36.1 Å². The molecule has 2 rings (SSSR count). The maximum Gasteiger partial charge on any atom is 0.0821 e. The molecule has 0 radical (unpaired) electrons. The zero-order chi connectivity index (χ0) is 20.1. The van der Waals surface area contributed by atoms with Crippen molar-refractivity contribution in [3.8, 4) is 0 Å². The first kappa shape index (κ1) is 24.1. The van der Waals surface area contributed by atoms with Gasteiger partial charge in [0, 0.05) is 6.61 Å². The molecule has 156 valence electrons. The van der Waals surface area contributed by atoms with E-state index in [4.69, 9.17) is 14.6 Å². The maximum absolute atomic E-state index is 8.73. The lowest BCUT2D eigenvalue weighted by Gasteiger charge is -2.12. The molecule has 3 heteroatoms. The number of aliphatic hydroxyl groups is 1. The molecule has 0 aromatic rings. The summed E-state index contributed by atoms with van der Waals surface area (Å²) in [5, 5.41) is 8.73. The second-order valence-corrected chi connectivity index (χ2v) is 7.89. The Hall–Kier alpha value is -0.900. The Morgan fingerprint density at radius 3 is 1.89 bits per heavy atom. The van der Waals surface area contributed by atoms with E-state index in [0.717, 1.165) is 38.5 Å². The molecule has 2 heterocycles. The number of aliphatic hydroxyl groups excluding tert-OH is 1. The molecule has 27 heavy (non-hydrogen) atoms. The molecule has 0 amide bonds. The number of ether oxygens (including phenoxy) is 2. The summed E-state index contributed by atoms with van der Waals surface area (Å²) in [6.07, 6.45) is 15.3. The van der Waals surface area contributed by atoms with Gasteiger partial charge in [-0.1, -0.05) is 58.8 Å². The van der Waals surface area contributed by atoms with Crippen LogP contribution in [0.5, 0.6) is 0 Å². The first-order valence-electron chi connectivity index (χ1n) is 10.9. The SMILES string of the molecule is C=C1C[C@H](CCCC)O[C@H]1CCCO.C=CC[C@@H]1O[C@@H](CCCC)CC1=C. The van der Waals surface area contributed by atoms with E-state index >= 15 is 0 Å². The molecule has 2 saturated heterocycles. The fraction of sp³-hybridized carbons (Fsp3) is 0.750. The Labute approximate surface area is 167 Å². The average Bonchev–Trinajstić information content (AvgIpc) is 3.19. The Kier molecular flexibility index (Phi) is 12.6.